The van der Waals surface area contributed by atoms with Crippen LogP contribution in [0.5, 0.6) is 0 Å². The molecule has 0 bridgehead atoms. The Morgan fingerprint density at radius 2 is 1.60 bits per heavy atom. The quantitative estimate of drug-likeness (QED) is 0.306. The van der Waals surface area contributed by atoms with Gasteiger partial charge >= 0.3 is 6.09 Å². The first kappa shape index (κ1) is 39.4. The van der Waals surface area contributed by atoms with Crippen molar-refractivity contribution in [3.05, 3.63) is 0 Å². The van der Waals surface area contributed by atoms with Crippen LogP contribution in [0.2, 0.25) is 0 Å². The lowest BCUT2D eigenvalue weighted by atomic mass is 10.2. The monoisotopic (exact) mass is 481 g/mol. The summed E-state index contributed by atoms with van der Waals surface area (Å²) in [4.78, 5) is 11.2. The summed E-state index contributed by atoms with van der Waals surface area (Å²) in [6.07, 6.45) is -0.398. The first-order chi connectivity index (χ1) is 13.4. The predicted octanol–water partition coefficient (Wildman–Crippen LogP) is 3.55. The SMILES string of the molecule is CCO.CCOC[C@H](C)NC(=O)OC(C)(C)C.CCOC[C@H](C)[NH3+].Cl.N=NN=NCl. The van der Waals surface area contributed by atoms with Gasteiger partial charge in [-0.3, -0.25) is 0 Å². The summed E-state index contributed by atoms with van der Waals surface area (Å²) in [5, 5.41) is 15.3. The Labute approximate surface area is 192 Å². The molecule has 11 nitrogen and oxygen atoms in total. The number of carbonyl (C=O) groups excluding carboxylic acids is 1. The van der Waals surface area contributed by atoms with Gasteiger partial charge in [-0.2, -0.15) is 5.53 Å². The van der Waals surface area contributed by atoms with E-state index in [0.29, 0.717) is 19.3 Å². The summed E-state index contributed by atoms with van der Waals surface area (Å²) in [6.45, 7) is 18.0. The van der Waals surface area contributed by atoms with Crippen molar-refractivity contribution < 1.29 is 29.8 Å². The molecule has 0 aliphatic heterocycles. The number of amides is 1. The Bertz CT molecular complexity index is 386. The van der Waals surface area contributed by atoms with Crippen LogP contribution in [0.25, 0.3) is 0 Å². The van der Waals surface area contributed by atoms with Gasteiger partial charge in [0.05, 0.1) is 31.0 Å². The van der Waals surface area contributed by atoms with E-state index in [4.69, 9.17) is 24.8 Å². The zero-order valence-corrected chi connectivity index (χ0v) is 21.2. The van der Waals surface area contributed by atoms with Crippen LogP contribution in [-0.4, -0.2) is 61.9 Å². The molecule has 6 N–H and O–H groups in total. The van der Waals surface area contributed by atoms with Crippen LogP contribution >= 0.6 is 24.2 Å². The molecule has 1 amide bonds. The summed E-state index contributed by atoms with van der Waals surface area (Å²) < 4.78 is 17.9. The van der Waals surface area contributed by atoms with E-state index in [1.807, 2.05) is 48.5 Å². The molecule has 0 aromatic rings. The van der Waals surface area contributed by atoms with Gasteiger partial charge in [-0.25, -0.2) is 4.79 Å². The van der Waals surface area contributed by atoms with Gasteiger partial charge in [0.1, 0.15) is 11.6 Å². The molecule has 0 saturated heterocycles. The van der Waals surface area contributed by atoms with E-state index in [-0.39, 0.29) is 25.1 Å². The number of aliphatic hydroxyl groups is 1. The van der Waals surface area contributed by atoms with Crippen molar-refractivity contribution in [3.8, 4) is 0 Å². The lowest BCUT2D eigenvalue weighted by Gasteiger charge is -2.21. The van der Waals surface area contributed by atoms with Crippen LogP contribution in [0.15, 0.2) is 15.1 Å². The summed E-state index contributed by atoms with van der Waals surface area (Å²) in [5.74, 6) is 0. The number of rotatable bonds is 8. The fourth-order valence-electron chi connectivity index (χ4n) is 1.18. The molecule has 0 fully saturated rings. The third-order valence-corrected chi connectivity index (χ3v) is 2.09. The first-order valence-electron chi connectivity index (χ1n) is 9.42. The van der Waals surface area contributed by atoms with Gasteiger partial charge in [0, 0.05) is 19.8 Å². The highest BCUT2D eigenvalue weighted by atomic mass is 35.5. The fourth-order valence-corrected chi connectivity index (χ4v) is 1.21. The third-order valence-electron chi connectivity index (χ3n) is 2.02. The minimum atomic E-state index is -0.449. The normalized spacial score (nSPS) is 11.7. The maximum absolute atomic E-state index is 11.2. The van der Waals surface area contributed by atoms with Crippen molar-refractivity contribution in [1.29, 1.82) is 5.53 Å². The van der Waals surface area contributed by atoms with E-state index < -0.39 is 11.7 Å². The number of nitrogens with one attached hydrogen (secondary N) is 2. The zero-order valence-electron chi connectivity index (χ0n) is 19.6. The number of ether oxygens (including phenoxy) is 3. The van der Waals surface area contributed by atoms with Crippen molar-refractivity contribution in [3.63, 3.8) is 0 Å². The Morgan fingerprint density at radius 1 is 1.17 bits per heavy atom. The Hall–Kier alpha value is -1.11. The molecule has 0 spiro atoms. The topological polar surface area (TPSA) is 166 Å². The first-order valence-corrected chi connectivity index (χ1v) is 9.75. The molecular weight excluding hydrogens is 439 g/mol. The van der Waals surface area contributed by atoms with Crippen LogP contribution in [-0.2, 0) is 14.2 Å². The molecule has 0 saturated carbocycles. The van der Waals surface area contributed by atoms with Crippen LogP contribution in [0.1, 0.15) is 55.4 Å². The van der Waals surface area contributed by atoms with Gasteiger partial charge in [-0.15, -0.1) is 12.4 Å². The molecule has 0 aromatic carbocycles. The molecule has 2 atom stereocenters. The van der Waals surface area contributed by atoms with Crippen molar-refractivity contribution in [2.24, 2.45) is 15.1 Å². The Morgan fingerprint density at radius 3 is 1.83 bits per heavy atom. The molecule has 0 aromatic heterocycles. The number of halogens is 2. The smallest absolute Gasteiger partial charge is 0.407 e. The van der Waals surface area contributed by atoms with Gasteiger partial charge in [0.2, 0.25) is 0 Å². The standard InChI is InChI=1S/C10H21NO3.C5H13NO.C2H6O.ClHN4.ClH/c1-6-13-7-8(2)11-9(12)14-10(3,4)5;1-3-7-4-5(2)6;1-2-3;1-3-5-4-2;/h8H,6-7H2,1-5H3,(H,11,12);5H,3-4,6H2,1-2H3;3H,2H2,1H3;2H;1H/p+1/t8-;5-;;;/m00.../s1. The number of hydrogen-bond acceptors (Lipinski definition) is 7. The van der Waals surface area contributed by atoms with Crippen molar-refractivity contribution >= 4 is 30.3 Å². The lowest BCUT2D eigenvalue weighted by molar-refractivity contribution is -0.420. The van der Waals surface area contributed by atoms with Gasteiger partial charge < -0.3 is 30.4 Å². The average Bonchev–Trinajstić information content (AvgIpc) is 2.59. The molecule has 0 rings (SSSR count). The largest absolute Gasteiger partial charge is 0.444 e. The lowest BCUT2D eigenvalue weighted by Crippen LogP contribution is -2.61. The highest BCUT2D eigenvalue weighted by Crippen LogP contribution is 2.06. The summed E-state index contributed by atoms with van der Waals surface area (Å²) >= 11 is 4.55. The number of hydrogen-bond donors (Lipinski definition) is 4. The summed E-state index contributed by atoms with van der Waals surface area (Å²) in [5.41, 5.74) is 9.18. The highest BCUT2D eigenvalue weighted by Gasteiger charge is 2.17. The van der Waals surface area contributed by atoms with E-state index >= 15 is 0 Å². The molecule has 0 aliphatic carbocycles. The molecule has 0 aliphatic rings. The second-order valence-electron chi connectivity index (χ2n) is 6.55. The van der Waals surface area contributed by atoms with E-state index in [2.05, 4.69) is 37.9 Å². The van der Waals surface area contributed by atoms with E-state index in [1.54, 1.807) is 6.92 Å². The number of carbonyl (C=O) groups is 1. The van der Waals surface area contributed by atoms with Crippen LogP contribution in [0.3, 0.4) is 0 Å². The van der Waals surface area contributed by atoms with Crippen LogP contribution in [0.4, 0.5) is 4.79 Å². The molecule has 184 valence electrons. The highest BCUT2D eigenvalue weighted by molar-refractivity contribution is 6.13. The fraction of sp³-hybridized carbons (Fsp3) is 0.941. The van der Waals surface area contributed by atoms with Gasteiger partial charge in [0.15, 0.2) is 0 Å². The second kappa shape index (κ2) is 30.1. The van der Waals surface area contributed by atoms with Crippen molar-refractivity contribution in [2.75, 3.05) is 33.0 Å². The molecule has 0 radical (unpaired) electrons. The summed E-state index contributed by atoms with van der Waals surface area (Å²) in [7, 11) is 0. The van der Waals surface area contributed by atoms with E-state index in [9.17, 15) is 4.79 Å². The number of nitrogens with zero attached hydrogens (tertiary/aromatic N) is 3. The van der Waals surface area contributed by atoms with Crippen molar-refractivity contribution in [1.82, 2.24) is 5.32 Å². The van der Waals surface area contributed by atoms with Crippen LogP contribution < -0.4 is 11.1 Å². The van der Waals surface area contributed by atoms with Gasteiger partial charge in [-0.1, -0.05) is 4.63 Å². The zero-order chi connectivity index (χ0) is 23.7. The van der Waals surface area contributed by atoms with Gasteiger partial charge in [-0.05, 0) is 65.8 Å². The van der Waals surface area contributed by atoms with E-state index in [0.717, 1.165) is 13.2 Å². The van der Waals surface area contributed by atoms with Crippen molar-refractivity contribution in [2.45, 2.75) is 73.1 Å². The maximum Gasteiger partial charge on any atom is 0.407 e. The van der Waals surface area contributed by atoms with Crippen LogP contribution in [0, 0.1) is 5.53 Å². The average molecular weight is 482 g/mol. The van der Waals surface area contributed by atoms with Gasteiger partial charge in [0.25, 0.3) is 0 Å². The minimum absolute atomic E-state index is 0. The maximum atomic E-state index is 11.2. The Balaban J connectivity index is -0.000000109. The molecule has 0 unspecified atom stereocenters. The number of quaternary nitrogens is 1. The molecular formula is C17H43Cl2N6O5+. The third kappa shape index (κ3) is 56.3. The molecule has 0 heterocycles. The minimum Gasteiger partial charge on any atom is -0.444 e. The van der Waals surface area contributed by atoms with E-state index in [1.165, 1.54) is 0 Å². The summed E-state index contributed by atoms with van der Waals surface area (Å²) in [6, 6.07) is 0.407. The predicted molar refractivity (Wildman–Crippen MR) is 120 cm³/mol. The second-order valence-corrected chi connectivity index (χ2v) is 6.70. The molecule has 13 heteroatoms. The number of aliphatic hydroxyl groups excluding tert-OH is 1. The number of alkyl carbamates (subject to hydrolysis) is 1. The Kier molecular flexibility index (Phi) is 39.5. The molecule has 30 heavy (non-hydrogen) atoms.